The summed E-state index contributed by atoms with van der Waals surface area (Å²) in [6, 6.07) is 5.94. The fourth-order valence-corrected chi connectivity index (χ4v) is 3.02. The zero-order valence-corrected chi connectivity index (χ0v) is 12.7. The molecular weight excluding hydrogens is 276 g/mol. The number of amides is 1. The molecule has 0 radical (unpaired) electrons. The van der Waals surface area contributed by atoms with Gasteiger partial charge in [0.1, 0.15) is 5.82 Å². The molecule has 0 saturated heterocycles. The van der Waals surface area contributed by atoms with Gasteiger partial charge in [0.15, 0.2) is 0 Å². The van der Waals surface area contributed by atoms with Crippen molar-refractivity contribution in [2.75, 3.05) is 11.9 Å². The van der Waals surface area contributed by atoms with Crippen LogP contribution in [0.5, 0.6) is 0 Å². The van der Waals surface area contributed by atoms with E-state index in [2.05, 4.69) is 15.0 Å². The van der Waals surface area contributed by atoms with Crippen LogP contribution in [-0.2, 0) is 4.79 Å². The zero-order chi connectivity index (χ0) is 15.4. The molecule has 3 heterocycles. The van der Waals surface area contributed by atoms with Crippen LogP contribution in [0.1, 0.15) is 22.6 Å². The summed E-state index contributed by atoms with van der Waals surface area (Å²) in [6.45, 7) is 3.94. The fraction of sp³-hybridized carbons (Fsp3) is 0.176. The van der Waals surface area contributed by atoms with Crippen molar-refractivity contribution in [2.24, 2.45) is 0 Å². The number of carbonyl (C=O) groups is 1. The van der Waals surface area contributed by atoms with Crippen molar-refractivity contribution in [1.29, 1.82) is 0 Å². The van der Waals surface area contributed by atoms with E-state index in [1.807, 2.05) is 44.3 Å². The van der Waals surface area contributed by atoms with Crippen molar-refractivity contribution < 1.29 is 4.79 Å². The molecule has 3 aromatic rings. The summed E-state index contributed by atoms with van der Waals surface area (Å²) in [5.74, 6) is 0.845. The minimum atomic E-state index is -0.00264. The monoisotopic (exact) mass is 292 g/mol. The molecule has 0 fully saturated rings. The number of benzene rings is 1. The Labute approximate surface area is 127 Å². The van der Waals surface area contributed by atoms with Gasteiger partial charge in [0.05, 0.1) is 22.3 Å². The molecule has 2 aromatic heterocycles. The normalized spacial score (nSPS) is 16.0. The largest absolute Gasteiger partial charge is 0.361 e. The van der Waals surface area contributed by atoms with E-state index in [0.717, 1.165) is 39.4 Å². The fourth-order valence-electron chi connectivity index (χ4n) is 3.02. The standard InChI is InChI=1S/C17H16N4O/c1-9-6-7-18-13(9)8-11-15-14(21(3)17(11)22)5-4-12-16(15)20-10(2)19-12/h4-8,18H,1-3H3,(H,19,20)/b11-8-. The SMILES string of the molecule is Cc1nc2c3c(ccc2[nH]1)N(C)C(=O)/C3=C\c1[nH]ccc1C. The lowest BCUT2D eigenvalue weighted by Crippen LogP contribution is -2.20. The predicted octanol–water partition coefficient (Wildman–Crippen LogP) is 3.02. The first-order chi connectivity index (χ1) is 10.6. The summed E-state index contributed by atoms with van der Waals surface area (Å²) in [6.07, 6.45) is 3.80. The van der Waals surface area contributed by atoms with E-state index < -0.39 is 0 Å². The molecule has 4 rings (SSSR count). The maximum atomic E-state index is 12.7. The number of H-pyrrole nitrogens is 2. The molecule has 110 valence electrons. The van der Waals surface area contributed by atoms with Gasteiger partial charge in [-0.05, 0) is 43.7 Å². The molecule has 1 aliphatic rings. The molecule has 1 aromatic carbocycles. The van der Waals surface area contributed by atoms with Crippen molar-refractivity contribution in [1.82, 2.24) is 15.0 Å². The highest BCUT2D eigenvalue weighted by atomic mass is 16.2. The van der Waals surface area contributed by atoms with Crippen LogP contribution < -0.4 is 4.90 Å². The number of aromatic amines is 2. The lowest BCUT2D eigenvalue weighted by Gasteiger charge is -2.08. The maximum absolute atomic E-state index is 12.7. The molecule has 0 saturated carbocycles. The number of imidazole rings is 1. The van der Waals surface area contributed by atoms with Crippen molar-refractivity contribution in [3.8, 4) is 0 Å². The number of carbonyl (C=O) groups excluding carboxylic acids is 1. The van der Waals surface area contributed by atoms with Crippen LogP contribution in [0.15, 0.2) is 24.4 Å². The number of rotatable bonds is 1. The second kappa shape index (κ2) is 4.34. The van der Waals surface area contributed by atoms with Gasteiger partial charge in [-0.3, -0.25) is 4.79 Å². The number of hydrogen-bond donors (Lipinski definition) is 2. The minimum absolute atomic E-state index is 0.00264. The Morgan fingerprint density at radius 2 is 2.05 bits per heavy atom. The number of fused-ring (bicyclic) bond motifs is 3. The van der Waals surface area contributed by atoms with Gasteiger partial charge in [0.25, 0.3) is 5.91 Å². The highest BCUT2D eigenvalue weighted by molar-refractivity contribution is 6.37. The summed E-state index contributed by atoms with van der Waals surface area (Å²) >= 11 is 0. The summed E-state index contributed by atoms with van der Waals surface area (Å²) in [7, 11) is 1.80. The Hall–Kier alpha value is -2.82. The number of anilines is 1. The van der Waals surface area contributed by atoms with E-state index in [1.165, 1.54) is 0 Å². The Kier molecular flexibility index (Phi) is 2.54. The van der Waals surface area contributed by atoms with Gasteiger partial charge in [0, 0.05) is 24.5 Å². The summed E-state index contributed by atoms with van der Waals surface area (Å²) in [5.41, 5.74) is 6.36. The van der Waals surface area contributed by atoms with E-state index in [-0.39, 0.29) is 5.91 Å². The minimum Gasteiger partial charge on any atom is -0.361 e. The van der Waals surface area contributed by atoms with Crippen molar-refractivity contribution in [3.63, 3.8) is 0 Å². The third-order valence-corrected chi connectivity index (χ3v) is 4.20. The van der Waals surface area contributed by atoms with Crippen molar-refractivity contribution >= 4 is 34.3 Å². The molecule has 0 bridgehead atoms. The third kappa shape index (κ3) is 1.65. The Morgan fingerprint density at radius 3 is 2.77 bits per heavy atom. The second-order valence-corrected chi connectivity index (χ2v) is 5.67. The number of hydrogen-bond acceptors (Lipinski definition) is 2. The van der Waals surface area contributed by atoms with Crippen LogP contribution in [-0.4, -0.2) is 27.9 Å². The van der Waals surface area contributed by atoms with Crippen LogP contribution in [0.3, 0.4) is 0 Å². The van der Waals surface area contributed by atoms with E-state index >= 15 is 0 Å². The summed E-state index contributed by atoms with van der Waals surface area (Å²) in [5, 5.41) is 0. The van der Waals surface area contributed by atoms with Crippen LogP contribution >= 0.6 is 0 Å². The summed E-state index contributed by atoms with van der Waals surface area (Å²) in [4.78, 5) is 25.3. The van der Waals surface area contributed by atoms with Gasteiger partial charge in [-0.15, -0.1) is 0 Å². The van der Waals surface area contributed by atoms with Crippen LogP contribution in [0.2, 0.25) is 0 Å². The smallest absolute Gasteiger partial charge is 0.258 e. The molecular formula is C17H16N4O. The first-order valence-corrected chi connectivity index (χ1v) is 7.19. The quantitative estimate of drug-likeness (QED) is 0.677. The second-order valence-electron chi connectivity index (χ2n) is 5.67. The van der Waals surface area contributed by atoms with Gasteiger partial charge in [-0.1, -0.05) is 0 Å². The molecule has 0 spiro atoms. The molecule has 2 N–H and O–H groups in total. The molecule has 5 nitrogen and oxygen atoms in total. The average molecular weight is 292 g/mol. The van der Waals surface area contributed by atoms with Gasteiger partial charge < -0.3 is 14.9 Å². The summed E-state index contributed by atoms with van der Waals surface area (Å²) < 4.78 is 0. The first-order valence-electron chi connectivity index (χ1n) is 7.19. The lowest BCUT2D eigenvalue weighted by atomic mass is 10.0. The van der Waals surface area contributed by atoms with E-state index in [1.54, 1.807) is 11.9 Å². The average Bonchev–Trinajstić information content (AvgIpc) is 3.12. The van der Waals surface area contributed by atoms with Gasteiger partial charge in [-0.2, -0.15) is 0 Å². The number of likely N-dealkylation sites (N-methyl/N-ethyl adjacent to an activating group) is 1. The topological polar surface area (TPSA) is 64.8 Å². The molecule has 0 atom stereocenters. The van der Waals surface area contributed by atoms with Crippen LogP contribution in [0, 0.1) is 13.8 Å². The van der Waals surface area contributed by atoms with E-state index in [0.29, 0.717) is 5.57 Å². The van der Waals surface area contributed by atoms with Crippen molar-refractivity contribution in [2.45, 2.75) is 13.8 Å². The van der Waals surface area contributed by atoms with E-state index in [4.69, 9.17) is 0 Å². The first kappa shape index (κ1) is 12.9. The third-order valence-electron chi connectivity index (χ3n) is 4.20. The molecule has 5 heteroatoms. The highest BCUT2D eigenvalue weighted by Gasteiger charge is 2.32. The molecule has 0 aliphatic carbocycles. The van der Waals surface area contributed by atoms with Gasteiger partial charge in [0.2, 0.25) is 0 Å². The number of aryl methyl sites for hydroxylation is 2. The van der Waals surface area contributed by atoms with Gasteiger partial charge in [-0.25, -0.2) is 4.98 Å². The zero-order valence-electron chi connectivity index (χ0n) is 12.7. The van der Waals surface area contributed by atoms with Crippen molar-refractivity contribution in [3.05, 3.63) is 47.0 Å². The molecule has 1 amide bonds. The number of aromatic nitrogens is 3. The number of nitrogens with one attached hydrogen (secondary N) is 2. The predicted molar refractivity (Wildman–Crippen MR) is 87.6 cm³/mol. The highest BCUT2D eigenvalue weighted by Crippen LogP contribution is 2.40. The Morgan fingerprint density at radius 1 is 1.23 bits per heavy atom. The Balaban J connectivity index is 2.03. The Bertz CT molecular complexity index is 945. The maximum Gasteiger partial charge on any atom is 0.258 e. The lowest BCUT2D eigenvalue weighted by molar-refractivity contribution is -0.112. The number of nitrogens with zero attached hydrogens (tertiary/aromatic N) is 2. The van der Waals surface area contributed by atoms with Crippen LogP contribution in [0.4, 0.5) is 5.69 Å². The van der Waals surface area contributed by atoms with Crippen LogP contribution in [0.25, 0.3) is 22.7 Å². The molecule has 0 unspecified atom stereocenters. The van der Waals surface area contributed by atoms with Gasteiger partial charge >= 0.3 is 0 Å². The van der Waals surface area contributed by atoms with E-state index in [9.17, 15) is 4.79 Å². The molecule has 1 aliphatic heterocycles. The molecule has 22 heavy (non-hydrogen) atoms.